The third-order valence-corrected chi connectivity index (χ3v) is 4.92. The standard InChI is InChI=1S/C16H15ClN4O3S/c17-13-4-6-16(7-5-13)25(22,23)20-14-2-1-3-15(10-14)24-9-8-21-12-18-11-19-21/h1-7,10-12,20H,8-9H2. The Hall–Kier alpha value is -2.58. The van der Waals surface area contributed by atoms with Gasteiger partial charge in [0.05, 0.1) is 17.1 Å². The highest BCUT2D eigenvalue weighted by Crippen LogP contribution is 2.21. The van der Waals surface area contributed by atoms with E-state index in [0.29, 0.717) is 29.6 Å². The van der Waals surface area contributed by atoms with Gasteiger partial charge in [-0.25, -0.2) is 18.1 Å². The van der Waals surface area contributed by atoms with Crippen molar-refractivity contribution in [3.8, 4) is 5.75 Å². The number of benzene rings is 2. The fraction of sp³-hybridized carbons (Fsp3) is 0.125. The normalized spacial score (nSPS) is 11.2. The van der Waals surface area contributed by atoms with Crippen LogP contribution in [-0.4, -0.2) is 29.8 Å². The van der Waals surface area contributed by atoms with E-state index in [-0.39, 0.29) is 4.90 Å². The van der Waals surface area contributed by atoms with E-state index in [4.69, 9.17) is 16.3 Å². The summed E-state index contributed by atoms with van der Waals surface area (Å²) < 4.78 is 34.5. The van der Waals surface area contributed by atoms with Crippen LogP contribution in [0.25, 0.3) is 0 Å². The van der Waals surface area contributed by atoms with E-state index < -0.39 is 10.0 Å². The number of nitrogens with zero attached hydrogens (tertiary/aromatic N) is 3. The van der Waals surface area contributed by atoms with Crippen molar-refractivity contribution >= 4 is 27.3 Å². The summed E-state index contributed by atoms with van der Waals surface area (Å²) >= 11 is 5.79. The van der Waals surface area contributed by atoms with Crippen LogP contribution in [0.2, 0.25) is 5.02 Å². The maximum absolute atomic E-state index is 12.4. The van der Waals surface area contributed by atoms with E-state index in [0.717, 1.165) is 0 Å². The Balaban J connectivity index is 1.65. The Morgan fingerprint density at radius 2 is 1.96 bits per heavy atom. The van der Waals surface area contributed by atoms with Gasteiger partial charge in [0.1, 0.15) is 25.0 Å². The third kappa shape index (κ3) is 4.71. The maximum atomic E-state index is 12.4. The fourth-order valence-corrected chi connectivity index (χ4v) is 3.26. The van der Waals surface area contributed by atoms with Gasteiger partial charge in [0.25, 0.3) is 10.0 Å². The minimum absolute atomic E-state index is 0.134. The lowest BCUT2D eigenvalue weighted by Gasteiger charge is -2.11. The van der Waals surface area contributed by atoms with Crippen LogP contribution < -0.4 is 9.46 Å². The van der Waals surface area contributed by atoms with Gasteiger partial charge in [-0.2, -0.15) is 5.10 Å². The van der Waals surface area contributed by atoms with Gasteiger partial charge >= 0.3 is 0 Å². The van der Waals surface area contributed by atoms with Gasteiger partial charge in [-0.15, -0.1) is 0 Å². The number of hydrogen-bond donors (Lipinski definition) is 1. The molecule has 3 aromatic rings. The molecule has 3 rings (SSSR count). The first-order chi connectivity index (χ1) is 12.0. The third-order valence-electron chi connectivity index (χ3n) is 3.27. The molecule has 0 radical (unpaired) electrons. The van der Waals surface area contributed by atoms with Gasteiger partial charge in [-0.05, 0) is 36.4 Å². The van der Waals surface area contributed by atoms with E-state index in [1.165, 1.54) is 30.6 Å². The number of hydrogen-bond acceptors (Lipinski definition) is 5. The summed E-state index contributed by atoms with van der Waals surface area (Å²) in [5.41, 5.74) is 0.410. The number of ether oxygens (including phenoxy) is 1. The second-order valence-corrected chi connectivity index (χ2v) is 7.21. The van der Waals surface area contributed by atoms with Gasteiger partial charge in [0.2, 0.25) is 0 Å². The van der Waals surface area contributed by atoms with Gasteiger partial charge in [0.15, 0.2) is 0 Å². The lowest BCUT2D eigenvalue weighted by molar-refractivity contribution is 0.291. The quantitative estimate of drug-likeness (QED) is 0.683. The number of sulfonamides is 1. The monoisotopic (exact) mass is 378 g/mol. The van der Waals surface area contributed by atoms with Gasteiger partial charge in [-0.1, -0.05) is 17.7 Å². The van der Waals surface area contributed by atoms with Crippen molar-refractivity contribution in [3.63, 3.8) is 0 Å². The molecule has 0 atom stereocenters. The lowest BCUT2D eigenvalue weighted by Crippen LogP contribution is -2.13. The molecule has 0 unspecified atom stereocenters. The minimum Gasteiger partial charge on any atom is -0.492 e. The predicted octanol–water partition coefficient (Wildman–Crippen LogP) is 2.81. The van der Waals surface area contributed by atoms with E-state index in [2.05, 4.69) is 14.8 Å². The molecule has 7 nitrogen and oxygen atoms in total. The molecule has 0 saturated carbocycles. The predicted molar refractivity (Wildman–Crippen MR) is 94.2 cm³/mol. The number of nitrogens with one attached hydrogen (secondary N) is 1. The van der Waals surface area contributed by atoms with Gasteiger partial charge in [-0.3, -0.25) is 4.72 Å². The Bertz CT molecular complexity index is 928. The van der Waals surface area contributed by atoms with Crippen LogP contribution >= 0.6 is 11.6 Å². The summed E-state index contributed by atoms with van der Waals surface area (Å²) in [7, 11) is -3.69. The Kier molecular flexibility index (Phi) is 5.20. The van der Waals surface area contributed by atoms with Crippen LogP contribution in [0.3, 0.4) is 0 Å². The highest BCUT2D eigenvalue weighted by atomic mass is 35.5. The zero-order chi connectivity index (χ0) is 17.7. The van der Waals surface area contributed by atoms with E-state index in [9.17, 15) is 8.42 Å². The highest BCUT2D eigenvalue weighted by Gasteiger charge is 2.14. The van der Waals surface area contributed by atoms with E-state index in [1.807, 2.05) is 0 Å². The first-order valence-electron chi connectivity index (χ1n) is 7.37. The second kappa shape index (κ2) is 7.54. The SMILES string of the molecule is O=S(=O)(Nc1cccc(OCCn2cncn2)c1)c1ccc(Cl)cc1. The van der Waals surface area contributed by atoms with Crippen molar-refractivity contribution in [2.24, 2.45) is 0 Å². The second-order valence-electron chi connectivity index (χ2n) is 5.09. The molecule has 1 aromatic heterocycles. The summed E-state index contributed by atoms with van der Waals surface area (Å²) in [4.78, 5) is 3.98. The molecule has 1 N–H and O–H groups in total. The molecule has 0 spiro atoms. The summed E-state index contributed by atoms with van der Waals surface area (Å²) in [6.45, 7) is 0.928. The topological polar surface area (TPSA) is 86.1 Å². The first-order valence-corrected chi connectivity index (χ1v) is 9.23. The molecule has 0 aliphatic rings. The van der Waals surface area contributed by atoms with Crippen molar-refractivity contribution in [1.82, 2.24) is 14.8 Å². The van der Waals surface area contributed by atoms with Crippen molar-refractivity contribution in [3.05, 3.63) is 66.2 Å². The molecule has 0 saturated heterocycles. The van der Waals surface area contributed by atoms with Crippen LogP contribution in [0.15, 0.2) is 66.1 Å². The van der Waals surface area contributed by atoms with Crippen LogP contribution in [0.1, 0.15) is 0 Å². The van der Waals surface area contributed by atoms with E-state index >= 15 is 0 Å². The molecule has 0 bridgehead atoms. The smallest absolute Gasteiger partial charge is 0.261 e. The maximum Gasteiger partial charge on any atom is 0.261 e. The molecule has 1 heterocycles. The molecule has 25 heavy (non-hydrogen) atoms. The average Bonchev–Trinajstić information content (AvgIpc) is 3.09. The van der Waals surface area contributed by atoms with Crippen LogP contribution in [-0.2, 0) is 16.6 Å². The van der Waals surface area contributed by atoms with Crippen molar-refractivity contribution in [1.29, 1.82) is 0 Å². The van der Waals surface area contributed by atoms with Crippen LogP contribution in [0, 0.1) is 0 Å². The highest BCUT2D eigenvalue weighted by molar-refractivity contribution is 7.92. The van der Waals surface area contributed by atoms with Crippen molar-refractivity contribution < 1.29 is 13.2 Å². The van der Waals surface area contributed by atoms with Crippen LogP contribution in [0.4, 0.5) is 5.69 Å². The van der Waals surface area contributed by atoms with Gasteiger partial charge in [0, 0.05) is 11.1 Å². The fourth-order valence-electron chi connectivity index (χ4n) is 2.08. The molecular weight excluding hydrogens is 364 g/mol. The number of anilines is 1. The lowest BCUT2D eigenvalue weighted by atomic mass is 10.3. The van der Waals surface area contributed by atoms with Crippen LogP contribution in [0.5, 0.6) is 5.75 Å². The zero-order valence-electron chi connectivity index (χ0n) is 13.0. The number of halogens is 1. The van der Waals surface area contributed by atoms with Gasteiger partial charge < -0.3 is 4.74 Å². The van der Waals surface area contributed by atoms with Crippen molar-refractivity contribution in [2.75, 3.05) is 11.3 Å². The molecule has 0 aliphatic heterocycles. The summed E-state index contributed by atoms with van der Waals surface area (Å²) in [6.07, 6.45) is 3.05. The van der Waals surface area contributed by atoms with E-state index in [1.54, 1.807) is 35.3 Å². The van der Waals surface area contributed by atoms with Crippen molar-refractivity contribution in [2.45, 2.75) is 11.4 Å². The molecule has 130 valence electrons. The Morgan fingerprint density at radius 3 is 2.68 bits per heavy atom. The molecule has 9 heteroatoms. The largest absolute Gasteiger partial charge is 0.492 e. The molecule has 0 amide bonds. The molecule has 2 aromatic carbocycles. The molecular formula is C16H15ClN4O3S. The summed E-state index contributed by atoms with van der Waals surface area (Å²) in [6, 6.07) is 12.7. The Morgan fingerprint density at radius 1 is 1.16 bits per heavy atom. The average molecular weight is 379 g/mol. The number of aromatic nitrogens is 3. The molecule has 0 fully saturated rings. The molecule has 0 aliphatic carbocycles. The number of rotatable bonds is 7. The minimum atomic E-state index is -3.69. The summed E-state index contributed by atoms with van der Waals surface area (Å²) in [5, 5.41) is 4.45. The Labute approximate surface area is 150 Å². The first kappa shape index (κ1) is 17.2. The zero-order valence-corrected chi connectivity index (χ0v) is 14.6. The summed E-state index contributed by atoms with van der Waals surface area (Å²) in [5.74, 6) is 0.552.